The fourth-order valence-corrected chi connectivity index (χ4v) is 4.26. The summed E-state index contributed by atoms with van der Waals surface area (Å²) in [5.41, 5.74) is 1.96. The third-order valence-corrected chi connectivity index (χ3v) is 5.92. The molecule has 4 nitrogen and oxygen atoms in total. The Morgan fingerprint density at radius 1 is 1.15 bits per heavy atom. The Morgan fingerprint density at radius 3 is 2.41 bits per heavy atom. The topological polar surface area (TPSA) is 64.3 Å². The first kappa shape index (κ1) is 17.7. The largest absolute Gasteiger partial charge is 0.394 e. The molecule has 4 rings (SSSR count). The third kappa shape index (κ3) is 2.81. The van der Waals surface area contributed by atoms with Crippen molar-refractivity contribution in [3.63, 3.8) is 0 Å². The highest BCUT2D eigenvalue weighted by Gasteiger charge is 2.53. The smallest absolute Gasteiger partial charge is 0.227 e. The van der Waals surface area contributed by atoms with E-state index in [9.17, 15) is 19.6 Å². The van der Waals surface area contributed by atoms with Crippen molar-refractivity contribution in [2.75, 3.05) is 6.61 Å². The number of halogens is 1. The van der Waals surface area contributed by atoms with Crippen LogP contribution in [0, 0.1) is 23.1 Å². The number of rotatable bonds is 4. The number of aliphatic hydroxyl groups is 1. The van der Waals surface area contributed by atoms with Gasteiger partial charge in [0.2, 0.25) is 5.91 Å². The van der Waals surface area contributed by atoms with Gasteiger partial charge >= 0.3 is 0 Å². The molecule has 3 atom stereocenters. The molecule has 1 saturated heterocycles. The van der Waals surface area contributed by atoms with E-state index in [0.717, 1.165) is 24.8 Å². The van der Waals surface area contributed by atoms with Crippen molar-refractivity contribution < 1.29 is 14.3 Å². The summed E-state index contributed by atoms with van der Waals surface area (Å²) in [6.45, 7) is -0.215. The van der Waals surface area contributed by atoms with E-state index in [1.54, 1.807) is 23.1 Å². The number of benzene rings is 2. The van der Waals surface area contributed by atoms with Gasteiger partial charge in [0.1, 0.15) is 11.9 Å². The van der Waals surface area contributed by atoms with E-state index < -0.39 is 12.1 Å². The summed E-state index contributed by atoms with van der Waals surface area (Å²) >= 11 is 0. The van der Waals surface area contributed by atoms with Crippen LogP contribution in [0.25, 0.3) is 11.1 Å². The lowest BCUT2D eigenvalue weighted by Crippen LogP contribution is -2.66. The zero-order valence-corrected chi connectivity index (χ0v) is 14.9. The molecule has 2 fully saturated rings. The lowest BCUT2D eigenvalue weighted by molar-refractivity contribution is -0.154. The van der Waals surface area contributed by atoms with Crippen LogP contribution in [0.1, 0.15) is 30.7 Å². The molecule has 5 heteroatoms. The Hall–Kier alpha value is -2.71. The van der Waals surface area contributed by atoms with Crippen LogP contribution in [0.2, 0.25) is 0 Å². The molecule has 0 spiro atoms. The van der Waals surface area contributed by atoms with E-state index in [-0.39, 0.29) is 30.2 Å². The molecular formula is C22H21FN2O2. The zero-order valence-electron chi connectivity index (χ0n) is 14.9. The van der Waals surface area contributed by atoms with Gasteiger partial charge in [-0.25, -0.2) is 4.39 Å². The van der Waals surface area contributed by atoms with Crippen molar-refractivity contribution in [2.24, 2.45) is 5.92 Å². The van der Waals surface area contributed by atoms with Crippen molar-refractivity contribution in [3.05, 3.63) is 59.9 Å². The Morgan fingerprint density at radius 2 is 1.81 bits per heavy atom. The van der Waals surface area contributed by atoms with Gasteiger partial charge < -0.3 is 10.0 Å². The highest BCUT2D eigenvalue weighted by molar-refractivity contribution is 5.83. The van der Waals surface area contributed by atoms with Crippen LogP contribution in [-0.2, 0) is 4.79 Å². The molecule has 1 saturated carbocycles. The van der Waals surface area contributed by atoms with Gasteiger partial charge in [-0.3, -0.25) is 4.79 Å². The van der Waals surface area contributed by atoms with Gasteiger partial charge in [0, 0.05) is 17.4 Å². The van der Waals surface area contributed by atoms with Crippen LogP contribution in [0.5, 0.6) is 0 Å². The molecule has 1 heterocycles. The molecule has 0 aromatic heterocycles. The summed E-state index contributed by atoms with van der Waals surface area (Å²) in [6.07, 6.45) is 2.73. The molecule has 1 aliphatic carbocycles. The molecule has 1 N–H and O–H groups in total. The average molecular weight is 364 g/mol. The zero-order chi connectivity index (χ0) is 19.0. The predicted octanol–water partition coefficient (Wildman–Crippen LogP) is 3.47. The number of aliphatic hydroxyl groups excluding tert-OH is 1. The Bertz CT molecular complexity index is 903. The molecule has 0 bridgehead atoms. The number of hydrogen-bond acceptors (Lipinski definition) is 3. The SMILES string of the molecule is N#C[C@H]1[C@@H](c2ccccc2-c2ccccc2F)[C@H](CO)N1C(=O)C1CCC1. The maximum atomic E-state index is 14.4. The van der Waals surface area contributed by atoms with Crippen molar-refractivity contribution in [1.82, 2.24) is 4.90 Å². The molecular weight excluding hydrogens is 343 g/mol. The number of carbonyl (C=O) groups is 1. The van der Waals surface area contributed by atoms with Gasteiger partial charge in [0.15, 0.2) is 0 Å². The number of nitrogens with zero attached hydrogens (tertiary/aromatic N) is 2. The normalized spacial score (nSPS) is 24.6. The monoisotopic (exact) mass is 364 g/mol. The van der Waals surface area contributed by atoms with Crippen LogP contribution in [-0.4, -0.2) is 34.6 Å². The second kappa shape index (κ2) is 7.13. The minimum absolute atomic E-state index is 0.0299. The van der Waals surface area contributed by atoms with Crippen molar-refractivity contribution in [3.8, 4) is 17.2 Å². The van der Waals surface area contributed by atoms with E-state index in [1.807, 2.05) is 24.3 Å². The van der Waals surface area contributed by atoms with Gasteiger partial charge in [-0.15, -0.1) is 0 Å². The first-order valence-corrected chi connectivity index (χ1v) is 9.34. The summed E-state index contributed by atoms with van der Waals surface area (Å²) in [5.74, 6) is -0.732. The van der Waals surface area contributed by atoms with Crippen molar-refractivity contribution in [1.29, 1.82) is 5.26 Å². The van der Waals surface area contributed by atoms with E-state index >= 15 is 0 Å². The maximum absolute atomic E-state index is 14.4. The van der Waals surface area contributed by atoms with E-state index in [1.165, 1.54) is 6.07 Å². The maximum Gasteiger partial charge on any atom is 0.227 e. The summed E-state index contributed by atoms with van der Waals surface area (Å²) in [5, 5.41) is 19.7. The molecule has 1 amide bonds. The Kier molecular flexibility index (Phi) is 4.67. The highest BCUT2D eigenvalue weighted by Crippen LogP contribution is 2.46. The van der Waals surface area contributed by atoms with Crippen LogP contribution in [0.15, 0.2) is 48.5 Å². The molecule has 2 aliphatic rings. The quantitative estimate of drug-likeness (QED) is 0.903. The standard InChI is InChI=1S/C22H21FN2O2/c23-18-11-4-3-9-16(18)15-8-1-2-10-17(15)21-19(12-24)25(20(21)13-26)22(27)14-6-5-7-14/h1-4,8-11,14,19-21,26H,5-7,13H2/t19-,20-,21+/m0/s1. The number of amides is 1. The molecule has 138 valence electrons. The van der Waals surface area contributed by atoms with Crippen molar-refractivity contribution >= 4 is 5.91 Å². The van der Waals surface area contributed by atoms with Crippen molar-refractivity contribution in [2.45, 2.75) is 37.3 Å². The van der Waals surface area contributed by atoms with Gasteiger partial charge in [-0.1, -0.05) is 48.9 Å². The van der Waals surface area contributed by atoms with Gasteiger partial charge in [-0.2, -0.15) is 5.26 Å². The first-order chi connectivity index (χ1) is 13.2. The number of likely N-dealkylation sites (tertiary alicyclic amines) is 1. The summed E-state index contributed by atoms with van der Waals surface area (Å²) in [6, 6.07) is 15.0. The summed E-state index contributed by atoms with van der Waals surface area (Å²) < 4.78 is 14.4. The minimum Gasteiger partial charge on any atom is -0.394 e. The van der Waals surface area contributed by atoms with E-state index in [2.05, 4.69) is 6.07 Å². The predicted molar refractivity (Wildman–Crippen MR) is 99.0 cm³/mol. The van der Waals surface area contributed by atoms with Crippen LogP contribution in [0.3, 0.4) is 0 Å². The minimum atomic E-state index is -0.636. The third-order valence-electron chi connectivity index (χ3n) is 5.92. The number of carbonyl (C=O) groups excluding carboxylic acids is 1. The van der Waals surface area contributed by atoms with Crippen LogP contribution < -0.4 is 0 Å². The van der Waals surface area contributed by atoms with Crippen LogP contribution >= 0.6 is 0 Å². The Labute approximate surface area is 157 Å². The summed E-state index contributed by atoms with van der Waals surface area (Å²) in [7, 11) is 0. The van der Waals surface area contributed by atoms with E-state index in [4.69, 9.17) is 0 Å². The number of nitriles is 1. The van der Waals surface area contributed by atoms with E-state index in [0.29, 0.717) is 11.1 Å². The van der Waals surface area contributed by atoms with Crippen LogP contribution in [0.4, 0.5) is 4.39 Å². The first-order valence-electron chi connectivity index (χ1n) is 9.34. The highest BCUT2D eigenvalue weighted by atomic mass is 19.1. The second-order valence-electron chi connectivity index (χ2n) is 7.29. The molecule has 2 aromatic carbocycles. The van der Waals surface area contributed by atoms with Gasteiger partial charge in [0.05, 0.1) is 18.7 Å². The number of hydrogen-bond donors (Lipinski definition) is 1. The average Bonchev–Trinajstić information content (AvgIpc) is 2.61. The molecule has 27 heavy (non-hydrogen) atoms. The second-order valence-corrected chi connectivity index (χ2v) is 7.29. The van der Waals surface area contributed by atoms with Gasteiger partial charge in [-0.05, 0) is 30.0 Å². The fourth-order valence-electron chi connectivity index (χ4n) is 4.26. The molecule has 0 unspecified atom stereocenters. The molecule has 1 aliphatic heterocycles. The van der Waals surface area contributed by atoms with Gasteiger partial charge in [0.25, 0.3) is 0 Å². The lowest BCUT2D eigenvalue weighted by Gasteiger charge is -2.53. The fraction of sp³-hybridized carbons (Fsp3) is 0.364. The Balaban J connectivity index is 1.72. The molecule has 2 aromatic rings. The summed E-state index contributed by atoms with van der Waals surface area (Å²) in [4.78, 5) is 14.3. The molecule has 0 radical (unpaired) electrons. The lowest BCUT2D eigenvalue weighted by atomic mass is 9.71.